The number of hydrogen-bond acceptors (Lipinski definition) is 5. The van der Waals surface area contributed by atoms with Crippen LogP contribution in [0, 0.1) is 0 Å². The lowest BCUT2D eigenvalue weighted by Gasteiger charge is -2.16. The molecule has 154 valence electrons. The molecule has 6 nitrogen and oxygen atoms in total. The number of para-hydroxylation sites is 1. The van der Waals surface area contributed by atoms with E-state index in [4.69, 9.17) is 4.74 Å². The van der Waals surface area contributed by atoms with Crippen molar-refractivity contribution in [2.45, 2.75) is 44.4 Å². The molecule has 0 aliphatic carbocycles. The summed E-state index contributed by atoms with van der Waals surface area (Å²) < 4.78 is 32.4. The summed E-state index contributed by atoms with van der Waals surface area (Å²) >= 11 is 1.20. The Morgan fingerprint density at radius 2 is 1.82 bits per heavy atom. The molecule has 1 aromatic heterocycles. The number of rotatable bonds is 11. The second-order valence-electron chi connectivity index (χ2n) is 6.13. The minimum absolute atomic E-state index is 0.0761. The van der Waals surface area contributed by atoms with Gasteiger partial charge >= 0.3 is 0 Å². The number of thiophene rings is 1. The molecule has 0 fully saturated rings. The minimum atomic E-state index is -3.45. The molecule has 28 heavy (non-hydrogen) atoms. The van der Waals surface area contributed by atoms with Gasteiger partial charge in [0.05, 0.1) is 13.2 Å². The molecule has 8 heteroatoms. The van der Waals surface area contributed by atoms with Crippen molar-refractivity contribution < 1.29 is 17.9 Å². The molecule has 1 amide bonds. The zero-order chi connectivity index (χ0) is 20.6. The van der Waals surface area contributed by atoms with Crippen LogP contribution in [0.1, 0.15) is 37.6 Å². The molecule has 0 unspecified atom stereocenters. The summed E-state index contributed by atoms with van der Waals surface area (Å²) in [5, 5.41) is 2.86. The highest BCUT2D eigenvalue weighted by Gasteiger charge is 2.23. The molecule has 2 rings (SSSR count). The number of ether oxygens (including phenoxy) is 1. The zero-order valence-electron chi connectivity index (χ0n) is 16.6. The maximum atomic E-state index is 12.5. The first-order valence-electron chi connectivity index (χ1n) is 9.48. The number of benzene rings is 1. The number of carbonyl (C=O) groups excluding carboxylic acids is 1. The van der Waals surface area contributed by atoms with Crippen LogP contribution in [0.4, 0.5) is 0 Å². The topological polar surface area (TPSA) is 75.7 Å². The second kappa shape index (κ2) is 10.6. The fraction of sp³-hybridized carbons (Fsp3) is 0.450. The first-order valence-corrected chi connectivity index (χ1v) is 11.7. The van der Waals surface area contributed by atoms with E-state index in [2.05, 4.69) is 5.32 Å². The van der Waals surface area contributed by atoms with Gasteiger partial charge in [0.2, 0.25) is 5.91 Å². The van der Waals surface area contributed by atoms with Crippen LogP contribution in [-0.2, 0) is 27.8 Å². The summed E-state index contributed by atoms with van der Waals surface area (Å²) in [7, 11) is -3.45. The Morgan fingerprint density at radius 3 is 2.50 bits per heavy atom. The summed E-state index contributed by atoms with van der Waals surface area (Å²) in [5.74, 6) is 0.732. The van der Waals surface area contributed by atoms with Gasteiger partial charge in [-0.1, -0.05) is 32.0 Å². The van der Waals surface area contributed by atoms with Crippen molar-refractivity contribution in [1.82, 2.24) is 9.62 Å². The van der Waals surface area contributed by atoms with Crippen LogP contribution < -0.4 is 10.1 Å². The smallest absolute Gasteiger partial charge is 0.252 e. The molecule has 0 spiro atoms. The third-order valence-electron chi connectivity index (χ3n) is 4.29. The van der Waals surface area contributed by atoms with Crippen LogP contribution >= 0.6 is 11.3 Å². The fourth-order valence-corrected chi connectivity index (χ4v) is 5.72. The second-order valence-corrected chi connectivity index (χ2v) is 9.46. The van der Waals surface area contributed by atoms with Crippen LogP contribution in [0.2, 0.25) is 0 Å². The van der Waals surface area contributed by atoms with Crippen LogP contribution in [0.5, 0.6) is 5.75 Å². The first kappa shape index (κ1) is 22.4. The zero-order valence-corrected chi connectivity index (χ0v) is 18.2. The lowest BCUT2D eigenvalue weighted by molar-refractivity contribution is -0.121. The van der Waals surface area contributed by atoms with Gasteiger partial charge in [0, 0.05) is 24.4 Å². The molecule has 0 saturated carbocycles. The lowest BCUT2D eigenvalue weighted by Crippen LogP contribution is -2.30. The maximum Gasteiger partial charge on any atom is 0.252 e. The Kier molecular flexibility index (Phi) is 8.47. The largest absolute Gasteiger partial charge is 0.494 e. The van der Waals surface area contributed by atoms with E-state index in [0.717, 1.165) is 16.2 Å². The van der Waals surface area contributed by atoms with Gasteiger partial charge in [0.15, 0.2) is 0 Å². The molecule has 0 saturated heterocycles. The average molecular weight is 425 g/mol. The molecule has 1 N–H and O–H groups in total. The summed E-state index contributed by atoms with van der Waals surface area (Å²) in [4.78, 5) is 13.0. The minimum Gasteiger partial charge on any atom is -0.494 e. The summed E-state index contributed by atoms with van der Waals surface area (Å²) in [6, 6.07) is 11.1. The molecule has 0 radical (unpaired) electrons. The van der Waals surface area contributed by atoms with E-state index in [0.29, 0.717) is 43.3 Å². The van der Waals surface area contributed by atoms with Gasteiger partial charge in [0.1, 0.15) is 9.96 Å². The average Bonchev–Trinajstić information content (AvgIpc) is 3.17. The van der Waals surface area contributed by atoms with Crippen LogP contribution in [0.15, 0.2) is 40.6 Å². The molecule has 0 aliphatic rings. The fourth-order valence-electron chi connectivity index (χ4n) is 2.81. The van der Waals surface area contributed by atoms with Crippen molar-refractivity contribution >= 4 is 27.3 Å². The number of nitrogens with one attached hydrogen (secondary N) is 1. The van der Waals surface area contributed by atoms with Crippen LogP contribution in [-0.4, -0.2) is 38.3 Å². The Labute approximate surface area is 171 Å². The summed E-state index contributed by atoms with van der Waals surface area (Å²) in [6.07, 6.45) is 0.939. The van der Waals surface area contributed by atoms with E-state index in [1.165, 1.54) is 15.6 Å². The molecular formula is C20H28N2O4S2. The highest BCUT2D eigenvalue weighted by atomic mass is 32.2. The summed E-state index contributed by atoms with van der Waals surface area (Å²) in [5.41, 5.74) is 1.00. The molecule has 1 aromatic carbocycles. The van der Waals surface area contributed by atoms with Gasteiger partial charge in [-0.2, -0.15) is 4.31 Å². The normalized spacial score (nSPS) is 11.6. The van der Waals surface area contributed by atoms with Gasteiger partial charge in [0.25, 0.3) is 10.0 Å². The van der Waals surface area contributed by atoms with Crippen LogP contribution in [0.25, 0.3) is 0 Å². The Bertz CT molecular complexity index is 874. The molecule has 0 bridgehead atoms. The number of aryl methyl sites for hydroxylation is 1. The number of hydrogen-bond donors (Lipinski definition) is 1. The lowest BCUT2D eigenvalue weighted by atomic mass is 10.1. The third kappa shape index (κ3) is 5.80. The van der Waals surface area contributed by atoms with Gasteiger partial charge in [-0.05, 0) is 37.1 Å². The van der Waals surface area contributed by atoms with E-state index < -0.39 is 10.0 Å². The van der Waals surface area contributed by atoms with E-state index in [9.17, 15) is 13.2 Å². The molecular weight excluding hydrogens is 396 g/mol. The molecule has 0 atom stereocenters. The van der Waals surface area contributed by atoms with Gasteiger partial charge in [-0.3, -0.25) is 4.79 Å². The first-order chi connectivity index (χ1) is 13.4. The van der Waals surface area contributed by atoms with E-state index in [-0.39, 0.29) is 5.91 Å². The Morgan fingerprint density at radius 1 is 1.11 bits per heavy atom. The monoisotopic (exact) mass is 424 g/mol. The van der Waals surface area contributed by atoms with Crippen molar-refractivity contribution in [2.24, 2.45) is 0 Å². The highest BCUT2D eigenvalue weighted by molar-refractivity contribution is 7.91. The Hall–Kier alpha value is -1.90. The molecule has 1 heterocycles. The van der Waals surface area contributed by atoms with Crippen LogP contribution in [0.3, 0.4) is 0 Å². The Balaban J connectivity index is 1.90. The van der Waals surface area contributed by atoms with E-state index in [1.807, 2.05) is 45.0 Å². The van der Waals surface area contributed by atoms with E-state index in [1.54, 1.807) is 12.1 Å². The summed E-state index contributed by atoms with van der Waals surface area (Å²) in [6.45, 7) is 7.35. The number of amides is 1. The van der Waals surface area contributed by atoms with Gasteiger partial charge in [-0.25, -0.2) is 8.42 Å². The predicted molar refractivity (Wildman–Crippen MR) is 112 cm³/mol. The highest BCUT2D eigenvalue weighted by Crippen LogP contribution is 2.25. The molecule has 0 aliphatic heterocycles. The number of nitrogens with zero attached hydrogens (tertiary/aromatic N) is 1. The maximum absolute atomic E-state index is 12.5. The van der Waals surface area contributed by atoms with Crippen molar-refractivity contribution in [3.05, 3.63) is 46.8 Å². The third-order valence-corrected chi connectivity index (χ3v) is 7.89. The van der Waals surface area contributed by atoms with Crippen molar-refractivity contribution in [3.8, 4) is 5.75 Å². The quantitative estimate of drug-likeness (QED) is 0.600. The van der Waals surface area contributed by atoms with E-state index >= 15 is 0 Å². The van der Waals surface area contributed by atoms with Gasteiger partial charge < -0.3 is 10.1 Å². The molecule has 2 aromatic rings. The standard InChI is InChI=1S/C20H28N2O4S2/c1-4-22(5-2)28(24,25)20-14-12-17(27-20)15-21-19(23)13-11-16-9-7-8-10-18(16)26-6-3/h7-10,12,14H,4-6,11,13,15H2,1-3H3,(H,21,23). The van der Waals surface area contributed by atoms with Crippen molar-refractivity contribution in [3.63, 3.8) is 0 Å². The van der Waals surface area contributed by atoms with Crippen molar-refractivity contribution in [1.29, 1.82) is 0 Å². The van der Waals surface area contributed by atoms with Crippen molar-refractivity contribution in [2.75, 3.05) is 19.7 Å². The predicted octanol–water partition coefficient (Wildman–Crippen LogP) is 3.43. The SMILES string of the molecule is CCOc1ccccc1CCC(=O)NCc1ccc(S(=O)(=O)N(CC)CC)s1. The number of sulfonamides is 1. The van der Waals surface area contributed by atoms with Gasteiger partial charge in [-0.15, -0.1) is 11.3 Å². The number of carbonyl (C=O) groups is 1.